The molecule has 0 radical (unpaired) electrons. The third kappa shape index (κ3) is 6.72. The van der Waals surface area contributed by atoms with Crippen molar-refractivity contribution in [2.45, 2.75) is 5.41 Å². The molecule has 2 nitrogen and oxygen atoms in total. The molecule has 0 atom stereocenters. The highest BCUT2D eigenvalue weighted by Crippen LogP contribution is 2.47. The van der Waals surface area contributed by atoms with Gasteiger partial charge >= 0.3 is 0 Å². The molecule has 0 amide bonds. The van der Waals surface area contributed by atoms with E-state index >= 15 is 0 Å². The zero-order valence-corrected chi connectivity index (χ0v) is 38.0. The van der Waals surface area contributed by atoms with Crippen molar-refractivity contribution in [2.24, 2.45) is 0 Å². The molecule has 324 valence electrons. The molecule has 0 fully saturated rings. The van der Waals surface area contributed by atoms with E-state index in [2.05, 4.69) is 288 Å². The van der Waals surface area contributed by atoms with Crippen molar-refractivity contribution in [3.8, 4) is 44.8 Å². The lowest BCUT2D eigenvalue weighted by molar-refractivity contribution is 0.744. The Morgan fingerprint density at radius 3 is 1.20 bits per heavy atom. The first kappa shape index (κ1) is 40.3. The summed E-state index contributed by atoms with van der Waals surface area (Å²) in [6.45, 7) is 0. The zero-order valence-electron chi connectivity index (χ0n) is 38.0. The zero-order chi connectivity index (χ0) is 45.7. The summed E-state index contributed by atoms with van der Waals surface area (Å²) in [7, 11) is 0. The van der Waals surface area contributed by atoms with Gasteiger partial charge in [0, 0.05) is 32.9 Å². The van der Waals surface area contributed by atoms with Crippen LogP contribution in [0.1, 0.15) is 22.3 Å². The van der Waals surface area contributed by atoms with Gasteiger partial charge in [0.1, 0.15) is 0 Å². The third-order valence-electron chi connectivity index (χ3n) is 14.2. The first-order valence-electron chi connectivity index (χ1n) is 23.8. The van der Waals surface area contributed by atoms with E-state index in [-0.39, 0.29) is 0 Å². The van der Waals surface area contributed by atoms with E-state index in [0.717, 1.165) is 22.4 Å². The maximum absolute atomic E-state index is 2.49. The first-order chi connectivity index (χ1) is 34.2. The van der Waals surface area contributed by atoms with Gasteiger partial charge in [-0.3, -0.25) is 0 Å². The minimum absolute atomic E-state index is 0.586. The van der Waals surface area contributed by atoms with Crippen LogP contribution < -0.4 is 0 Å². The number of nitrogens with zero attached hydrogens (tertiary/aromatic N) is 2. The van der Waals surface area contributed by atoms with Gasteiger partial charge in [0.2, 0.25) is 0 Å². The highest BCUT2D eigenvalue weighted by Gasteiger charge is 2.38. The Labute approximate surface area is 402 Å². The fraction of sp³-hybridized carbons (Fsp3) is 0.0149. The summed E-state index contributed by atoms with van der Waals surface area (Å²) in [5.74, 6) is 0. The summed E-state index contributed by atoms with van der Waals surface area (Å²) in [6.07, 6.45) is 0. The summed E-state index contributed by atoms with van der Waals surface area (Å²) < 4.78 is 4.87. The molecule has 2 aromatic heterocycles. The van der Waals surface area contributed by atoms with Crippen LogP contribution >= 0.6 is 0 Å². The Morgan fingerprint density at radius 2 is 0.594 bits per heavy atom. The van der Waals surface area contributed by atoms with Crippen LogP contribution in [0.5, 0.6) is 0 Å². The van der Waals surface area contributed by atoms with Crippen molar-refractivity contribution in [1.29, 1.82) is 0 Å². The highest BCUT2D eigenvalue weighted by molar-refractivity contribution is 6.13. The molecule has 13 aromatic rings. The molecule has 0 unspecified atom stereocenters. The summed E-state index contributed by atoms with van der Waals surface area (Å²) in [5.41, 5.74) is 18.4. The Kier molecular flexibility index (Phi) is 9.77. The third-order valence-corrected chi connectivity index (χ3v) is 14.2. The fourth-order valence-corrected chi connectivity index (χ4v) is 11.1. The Morgan fingerprint density at radius 1 is 0.203 bits per heavy atom. The lowest BCUT2D eigenvalue weighted by Gasteiger charge is -2.37. The van der Waals surface area contributed by atoms with Crippen LogP contribution in [0.15, 0.2) is 279 Å². The van der Waals surface area contributed by atoms with Crippen molar-refractivity contribution >= 4 is 43.6 Å². The smallest absolute Gasteiger partial charge is 0.0702 e. The minimum atomic E-state index is -0.586. The molecular weight excluding hydrogens is 833 g/mol. The van der Waals surface area contributed by atoms with E-state index < -0.39 is 5.41 Å². The maximum atomic E-state index is 2.49. The molecule has 0 aliphatic carbocycles. The molecule has 0 saturated heterocycles. The lowest BCUT2D eigenvalue weighted by Crippen LogP contribution is -2.31. The topological polar surface area (TPSA) is 9.86 Å². The molecule has 0 spiro atoms. The molecule has 2 heteroatoms. The van der Waals surface area contributed by atoms with Crippen LogP contribution in [0.25, 0.3) is 88.4 Å². The van der Waals surface area contributed by atoms with Crippen molar-refractivity contribution in [1.82, 2.24) is 9.13 Å². The number of benzene rings is 11. The molecule has 0 saturated carbocycles. The highest BCUT2D eigenvalue weighted by atomic mass is 15.0. The van der Waals surface area contributed by atoms with Crippen molar-refractivity contribution in [3.05, 3.63) is 301 Å². The maximum Gasteiger partial charge on any atom is 0.0702 e. The van der Waals surface area contributed by atoms with Crippen molar-refractivity contribution in [3.63, 3.8) is 0 Å². The number of hydrogen-bond acceptors (Lipinski definition) is 0. The van der Waals surface area contributed by atoms with Gasteiger partial charge in [-0.05, 0) is 122 Å². The van der Waals surface area contributed by atoms with Crippen LogP contribution in [0.3, 0.4) is 0 Å². The molecule has 69 heavy (non-hydrogen) atoms. The van der Waals surface area contributed by atoms with E-state index in [1.165, 1.54) is 88.2 Å². The van der Waals surface area contributed by atoms with E-state index in [4.69, 9.17) is 0 Å². The van der Waals surface area contributed by atoms with Gasteiger partial charge in [-0.1, -0.05) is 212 Å². The van der Waals surface area contributed by atoms with Gasteiger partial charge in [0.05, 0.1) is 27.5 Å². The number of para-hydroxylation sites is 2. The number of fused-ring (bicyclic) bond motifs is 6. The molecule has 0 bridgehead atoms. The van der Waals surface area contributed by atoms with Gasteiger partial charge < -0.3 is 9.13 Å². The SMILES string of the molecule is c1ccc(-c2cccc(-c3ccc4c5cc(-c6ccc7c(c6)c6ccccc6n7-c6ccccc6)ccc5n(-c5cccc(C(c6ccccc6)(c6ccccc6)c6ccccc6)c5)c4c3)c2)cc1. The minimum Gasteiger partial charge on any atom is -0.309 e. The van der Waals surface area contributed by atoms with Gasteiger partial charge in [0.25, 0.3) is 0 Å². The molecule has 2 heterocycles. The Balaban J connectivity index is 1.04. The van der Waals surface area contributed by atoms with E-state index in [9.17, 15) is 0 Å². The van der Waals surface area contributed by atoms with Crippen LogP contribution in [-0.4, -0.2) is 9.13 Å². The quantitative estimate of drug-likeness (QED) is 0.128. The van der Waals surface area contributed by atoms with E-state index in [1.807, 2.05) is 0 Å². The molecule has 0 aliphatic heterocycles. The number of hydrogen-bond donors (Lipinski definition) is 0. The average Bonchev–Trinajstić information content (AvgIpc) is 3.94. The second kappa shape index (κ2) is 16.7. The van der Waals surface area contributed by atoms with E-state index in [0.29, 0.717) is 0 Å². The van der Waals surface area contributed by atoms with E-state index in [1.54, 1.807) is 0 Å². The van der Waals surface area contributed by atoms with Gasteiger partial charge in [-0.2, -0.15) is 0 Å². The average molecular weight is 879 g/mol. The van der Waals surface area contributed by atoms with Crippen LogP contribution in [0.2, 0.25) is 0 Å². The van der Waals surface area contributed by atoms with Crippen LogP contribution in [0, 0.1) is 0 Å². The van der Waals surface area contributed by atoms with Crippen molar-refractivity contribution < 1.29 is 0 Å². The monoisotopic (exact) mass is 878 g/mol. The summed E-state index contributed by atoms with van der Waals surface area (Å²) in [6, 6.07) is 102. The number of aromatic nitrogens is 2. The van der Waals surface area contributed by atoms with Gasteiger partial charge in [-0.15, -0.1) is 0 Å². The standard InChI is InChI=1S/C67H46N2/c1-6-20-47(21-7-1)48-22-18-23-49(42-48)52-36-39-60-62-44-51(50-37-40-64-61(43-50)59-34-16-17-35-63(59)68(64)57-31-14-5-15-32-57)38-41-65(62)69(66(60)45-52)58-33-19-30-56(46-58)67(53-24-8-2-9-25-53,54-26-10-3-11-27-54)55-28-12-4-13-29-55/h1-46H. The predicted molar refractivity (Wildman–Crippen MR) is 290 cm³/mol. The second-order valence-corrected chi connectivity index (χ2v) is 18.1. The molecular formula is C67H46N2. The summed E-state index contributed by atoms with van der Waals surface area (Å²) in [4.78, 5) is 0. The first-order valence-corrected chi connectivity index (χ1v) is 23.8. The molecule has 0 aliphatic rings. The van der Waals surface area contributed by atoms with Crippen LogP contribution in [-0.2, 0) is 5.41 Å². The fourth-order valence-electron chi connectivity index (χ4n) is 11.1. The number of rotatable bonds is 9. The largest absolute Gasteiger partial charge is 0.309 e. The summed E-state index contributed by atoms with van der Waals surface area (Å²) >= 11 is 0. The summed E-state index contributed by atoms with van der Waals surface area (Å²) in [5, 5.41) is 4.91. The molecule has 0 N–H and O–H groups in total. The molecule has 11 aromatic carbocycles. The van der Waals surface area contributed by atoms with Gasteiger partial charge in [0.15, 0.2) is 0 Å². The Bertz CT molecular complexity index is 3880. The Hall–Kier alpha value is -8.98. The van der Waals surface area contributed by atoms with Gasteiger partial charge in [-0.25, -0.2) is 0 Å². The molecule has 13 rings (SSSR count). The lowest BCUT2D eigenvalue weighted by atomic mass is 9.65. The van der Waals surface area contributed by atoms with Crippen LogP contribution in [0.4, 0.5) is 0 Å². The normalized spacial score (nSPS) is 11.8. The second-order valence-electron chi connectivity index (χ2n) is 18.1. The predicted octanol–water partition coefficient (Wildman–Crippen LogP) is 17.3. The van der Waals surface area contributed by atoms with Crippen molar-refractivity contribution in [2.75, 3.05) is 0 Å².